The molecule has 0 heterocycles. The molecule has 0 bridgehead atoms. The van der Waals surface area contributed by atoms with Gasteiger partial charge < -0.3 is 0 Å². The Kier molecular flexibility index (Phi) is 5.33. The molecule has 4 rings (SSSR count). The Bertz CT molecular complexity index is 1060. The van der Waals surface area contributed by atoms with Crippen LogP contribution in [0, 0.1) is 0 Å². The minimum atomic E-state index is -4.10. The molecule has 0 aliphatic rings. The van der Waals surface area contributed by atoms with Crippen LogP contribution < -0.4 is 21.2 Å². The summed E-state index contributed by atoms with van der Waals surface area (Å²) in [7, 11) is -3.87. The van der Waals surface area contributed by atoms with Crippen LogP contribution in [0.4, 0.5) is 0 Å². The molecule has 152 valence electrons. The third-order valence-electron chi connectivity index (χ3n) is 5.28. The van der Waals surface area contributed by atoms with Crippen LogP contribution >= 0.6 is 6.83 Å². The van der Waals surface area contributed by atoms with E-state index in [2.05, 4.69) is 0 Å². The van der Waals surface area contributed by atoms with Gasteiger partial charge in [0.25, 0.3) is 0 Å². The Labute approximate surface area is 178 Å². The molecule has 0 spiro atoms. The van der Waals surface area contributed by atoms with Crippen LogP contribution in [-0.2, 0) is 14.1 Å². The van der Waals surface area contributed by atoms with E-state index in [0.717, 1.165) is 27.5 Å². The van der Waals surface area contributed by atoms with Gasteiger partial charge in [0.2, 0.25) is 0 Å². The standard InChI is InChI=1S/C25H23O3PS/c1-30(26,27)28-29(22-14-6-2-7-15-22,23-16-8-3-9-17-23,24-18-10-4-11-19-24)25-20-12-5-13-21-25/h2-21H,1H3. The van der Waals surface area contributed by atoms with Gasteiger partial charge in [-0.1, -0.05) is 0 Å². The fourth-order valence-corrected chi connectivity index (χ4v) is 12.5. The molecule has 0 N–H and O–H groups in total. The van der Waals surface area contributed by atoms with Gasteiger partial charge in [0.1, 0.15) is 0 Å². The first-order valence-corrected chi connectivity index (χ1v) is 13.6. The van der Waals surface area contributed by atoms with E-state index in [-0.39, 0.29) is 0 Å². The zero-order chi connectivity index (χ0) is 21.1. The topological polar surface area (TPSA) is 43.4 Å². The van der Waals surface area contributed by atoms with Gasteiger partial charge in [0, 0.05) is 0 Å². The molecule has 30 heavy (non-hydrogen) atoms. The van der Waals surface area contributed by atoms with Gasteiger partial charge in [-0.3, -0.25) is 0 Å². The molecule has 0 aromatic heterocycles. The van der Waals surface area contributed by atoms with Gasteiger partial charge in [-0.25, -0.2) is 0 Å². The Balaban J connectivity index is 2.34. The average molecular weight is 434 g/mol. The second kappa shape index (κ2) is 7.81. The van der Waals surface area contributed by atoms with Crippen molar-refractivity contribution in [2.75, 3.05) is 6.26 Å². The quantitative estimate of drug-likeness (QED) is 0.435. The molecule has 0 saturated carbocycles. The summed E-state index contributed by atoms with van der Waals surface area (Å²) in [5.41, 5.74) is 0. The summed E-state index contributed by atoms with van der Waals surface area (Å²) >= 11 is 0. The maximum atomic E-state index is 13.0. The number of hydrogen-bond donors (Lipinski definition) is 0. The molecule has 0 unspecified atom stereocenters. The van der Waals surface area contributed by atoms with Crippen molar-refractivity contribution in [3.8, 4) is 0 Å². The predicted octanol–water partition coefficient (Wildman–Crippen LogP) is 3.73. The first-order valence-electron chi connectivity index (χ1n) is 9.63. The number of hydrogen-bond acceptors (Lipinski definition) is 3. The monoisotopic (exact) mass is 434 g/mol. The second-order valence-electron chi connectivity index (χ2n) is 7.16. The van der Waals surface area contributed by atoms with Crippen molar-refractivity contribution in [2.24, 2.45) is 0 Å². The molecule has 0 atom stereocenters. The van der Waals surface area contributed by atoms with Crippen molar-refractivity contribution >= 4 is 38.2 Å². The van der Waals surface area contributed by atoms with E-state index in [9.17, 15) is 8.42 Å². The first kappa shape index (κ1) is 20.5. The molecule has 0 aliphatic heterocycles. The Morgan fingerprint density at radius 3 is 0.933 bits per heavy atom. The van der Waals surface area contributed by atoms with Crippen LogP contribution in [-0.4, -0.2) is 14.7 Å². The summed E-state index contributed by atoms with van der Waals surface area (Å²) < 4.78 is 32.4. The first-order chi connectivity index (χ1) is 14.5. The Hall–Kier alpha value is -2.78. The zero-order valence-electron chi connectivity index (χ0n) is 16.6. The zero-order valence-corrected chi connectivity index (χ0v) is 18.3. The fourth-order valence-electron chi connectivity index (χ4n) is 4.19. The maximum absolute atomic E-state index is 13.0. The summed E-state index contributed by atoms with van der Waals surface area (Å²) in [6, 6.07) is 38.9. The molecule has 3 nitrogen and oxygen atoms in total. The van der Waals surface area contributed by atoms with Crippen LogP contribution in [0.1, 0.15) is 0 Å². The van der Waals surface area contributed by atoms with Crippen LogP contribution in [0.3, 0.4) is 0 Å². The van der Waals surface area contributed by atoms with E-state index in [1.54, 1.807) is 0 Å². The van der Waals surface area contributed by atoms with E-state index in [0.29, 0.717) is 0 Å². The summed E-state index contributed by atoms with van der Waals surface area (Å²) in [5, 5.41) is 3.32. The van der Waals surface area contributed by atoms with E-state index in [1.807, 2.05) is 121 Å². The Morgan fingerprint density at radius 1 is 0.500 bits per heavy atom. The van der Waals surface area contributed by atoms with Gasteiger partial charge in [0.05, 0.1) is 0 Å². The molecule has 0 aliphatic carbocycles. The number of rotatable bonds is 6. The molecule has 4 aromatic rings. The third-order valence-corrected chi connectivity index (χ3v) is 12.7. The fraction of sp³-hybridized carbons (Fsp3) is 0.0400. The summed E-state index contributed by atoms with van der Waals surface area (Å²) in [5.74, 6) is 0. The van der Waals surface area contributed by atoms with Gasteiger partial charge >= 0.3 is 178 Å². The molecular weight excluding hydrogens is 411 g/mol. The van der Waals surface area contributed by atoms with Gasteiger partial charge in [-0.15, -0.1) is 0 Å². The van der Waals surface area contributed by atoms with Crippen molar-refractivity contribution in [1.29, 1.82) is 0 Å². The molecule has 0 radical (unpaired) electrons. The van der Waals surface area contributed by atoms with Crippen LogP contribution in [0.15, 0.2) is 121 Å². The SMILES string of the molecule is CS(=O)(=O)OP(c1ccccc1)(c1ccccc1)(c1ccccc1)c1ccccc1. The average Bonchev–Trinajstić information content (AvgIpc) is 2.79. The molecule has 5 heteroatoms. The molecule has 4 aromatic carbocycles. The van der Waals surface area contributed by atoms with Crippen molar-refractivity contribution in [3.63, 3.8) is 0 Å². The van der Waals surface area contributed by atoms with E-state index in [1.165, 1.54) is 0 Å². The van der Waals surface area contributed by atoms with Crippen molar-refractivity contribution < 1.29 is 12.4 Å². The predicted molar refractivity (Wildman–Crippen MR) is 127 cm³/mol. The third kappa shape index (κ3) is 3.18. The molecular formula is C25H23O3PS. The van der Waals surface area contributed by atoms with E-state index in [4.69, 9.17) is 3.97 Å². The van der Waals surface area contributed by atoms with Crippen molar-refractivity contribution in [3.05, 3.63) is 121 Å². The molecule has 0 fully saturated rings. The van der Waals surface area contributed by atoms with Crippen LogP contribution in [0.25, 0.3) is 0 Å². The number of benzene rings is 4. The Morgan fingerprint density at radius 2 is 0.733 bits per heavy atom. The van der Waals surface area contributed by atoms with Crippen LogP contribution in [0.5, 0.6) is 0 Å². The summed E-state index contributed by atoms with van der Waals surface area (Å²) in [6.45, 7) is -4.10. The summed E-state index contributed by atoms with van der Waals surface area (Å²) in [4.78, 5) is 0. The summed E-state index contributed by atoms with van der Waals surface area (Å²) in [6.07, 6.45) is 1.13. The van der Waals surface area contributed by atoms with Crippen molar-refractivity contribution in [2.45, 2.75) is 0 Å². The van der Waals surface area contributed by atoms with Gasteiger partial charge in [0.15, 0.2) is 0 Å². The van der Waals surface area contributed by atoms with E-state index < -0.39 is 16.9 Å². The molecule has 0 amide bonds. The van der Waals surface area contributed by atoms with E-state index >= 15 is 0 Å². The normalized spacial score (nSPS) is 13.3. The van der Waals surface area contributed by atoms with Crippen molar-refractivity contribution in [1.82, 2.24) is 0 Å². The van der Waals surface area contributed by atoms with Gasteiger partial charge in [-0.2, -0.15) is 0 Å². The van der Waals surface area contributed by atoms with Gasteiger partial charge in [-0.05, 0) is 0 Å². The molecule has 0 saturated heterocycles. The second-order valence-corrected chi connectivity index (χ2v) is 13.3. The van der Waals surface area contributed by atoms with Crippen LogP contribution in [0.2, 0.25) is 0 Å². The minimum absolute atomic E-state index is 0.831.